The smallest absolute Gasteiger partial charge is 0.268 e. The summed E-state index contributed by atoms with van der Waals surface area (Å²) in [6, 6.07) is 23.2. The number of nitrogens with zero attached hydrogens (tertiary/aromatic N) is 3. The maximum absolute atomic E-state index is 12.8. The summed E-state index contributed by atoms with van der Waals surface area (Å²) in [5, 5.41) is 0. The van der Waals surface area contributed by atoms with Crippen LogP contribution in [0.1, 0.15) is 27.2 Å². The van der Waals surface area contributed by atoms with E-state index in [-0.39, 0.29) is 10.5 Å². The fraction of sp³-hybridized carbons (Fsp3) is 0.148. The van der Waals surface area contributed by atoms with Gasteiger partial charge in [0.2, 0.25) is 5.95 Å². The minimum absolute atomic E-state index is 0.0570. The number of hydrogen-bond acceptors (Lipinski definition) is 7. The second kappa shape index (κ2) is 9.79. The average Bonchev–Trinajstić information content (AvgIpc) is 2.89. The van der Waals surface area contributed by atoms with Crippen LogP contribution >= 0.6 is 0 Å². The molecular weight excluding hydrogens is 476 g/mol. The van der Waals surface area contributed by atoms with Crippen LogP contribution in [0.3, 0.4) is 0 Å². The van der Waals surface area contributed by atoms with Crippen LogP contribution in [0.2, 0.25) is 0 Å². The number of carbonyl (C=O) groups excluding carboxylic acids is 1. The van der Waals surface area contributed by atoms with E-state index in [1.165, 1.54) is 41.6 Å². The van der Waals surface area contributed by atoms with E-state index >= 15 is 0 Å². The highest BCUT2D eigenvalue weighted by atomic mass is 32.2. The van der Waals surface area contributed by atoms with Gasteiger partial charge in [-0.3, -0.25) is 4.79 Å². The third-order valence-electron chi connectivity index (χ3n) is 5.96. The van der Waals surface area contributed by atoms with E-state index in [4.69, 9.17) is 4.74 Å². The molecule has 4 aromatic rings. The zero-order valence-electron chi connectivity index (χ0n) is 19.6. The largest absolute Gasteiger partial charge is 0.457 e. The van der Waals surface area contributed by atoms with Crippen molar-refractivity contribution in [3.05, 3.63) is 107 Å². The molecule has 182 valence electrons. The summed E-state index contributed by atoms with van der Waals surface area (Å²) >= 11 is 0. The SMILES string of the molecule is Cc1nc(N2CCc3ccccc3C2)ncc1C(=O)NS(=O)(=O)c1ccc(Oc2ccccc2)cc1. The highest BCUT2D eigenvalue weighted by Crippen LogP contribution is 2.24. The van der Waals surface area contributed by atoms with Crippen molar-refractivity contribution in [3.8, 4) is 11.5 Å². The maximum Gasteiger partial charge on any atom is 0.268 e. The lowest BCUT2D eigenvalue weighted by Gasteiger charge is -2.29. The van der Waals surface area contributed by atoms with Crippen molar-refractivity contribution >= 4 is 21.9 Å². The molecule has 0 saturated heterocycles. The number of amides is 1. The summed E-state index contributed by atoms with van der Waals surface area (Å²) in [6.07, 6.45) is 2.26. The number of benzene rings is 3. The number of carbonyl (C=O) groups is 1. The molecular formula is C27H24N4O4S. The number of sulfonamides is 1. The van der Waals surface area contributed by atoms with Gasteiger partial charge in [-0.05, 0) is 60.9 Å². The molecule has 2 heterocycles. The van der Waals surface area contributed by atoms with Crippen molar-refractivity contribution in [1.29, 1.82) is 0 Å². The summed E-state index contributed by atoms with van der Waals surface area (Å²) in [6.45, 7) is 3.11. The molecule has 3 aromatic carbocycles. The van der Waals surface area contributed by atoms with E-state index < -0.39 is 15.9 Å². The first-order valence-corrected chi connectivity index (χ1v) is 12.9. The molecule has 1 aromatic heterocycles. The van der Waals surface area contributed by atoms with E-state index in [9.17, 15) is 13.2 Å². The van der Waals surface area contributed by atoms with Gasteiger partial charge in [0.25, 0.3) is 15.9 Å². The molecule has 0 saturated carbocycles. The molecule has 0 fully saturated rings. The summed E-state index contributed by atoms with van der Waals surface area (Å²) in [5.41, 5.74) is 3.03. The Morgan fingerprint density at radius 2 is 1.58 bits per heavy atom. The zero-order valence-corrected chi connectivity index (χ0v) is 20.4. The second-order valence-corrected chi connectivity index (χ2v) is 10.1. The van der Waals surface area contributed by atoms with E-state index in [1.807, 2.05) is 35.2 Å². The van der Waals surface area contributed by atoms with Gasteiger partial charge in [-0.2, -0.15) is 0 Å². The molecule has 1 aliphatic heterocycles. The van der Waals surface area contributed by atoms with Crippen molar-refractivity contribution in [1.82, 2.24) is 14.7 Å². The van der Waals surface area contributed by atoms with Crippen LogP contribution in [0.15, 0.2) is 90.0 Å². The molecule has 0 bridgehead atoms. The number of para-hydroxylation sites is 1. The number of fused-ring (bicyclic) bond motifs is 1. The fourth-order valence-electron chi connectivity index (χ4n) is 4.04. The Balaban J connectivity index is 1.27. The van der Waals surface area contributed by atoms with Crippen molar-refractivity contribution in [2.24, 2.45) is 0 Å². The Hall–Kier alpha value is -4.24. The third kappa shape index (κ3) is 5.06. The van der Waals surface area contributed by atoms with Gasteiger partial charge in [0.05, 0.1) is 16.2 Å². The average molecular weight is 501 g/mol. The quantitative estimate of drug-likeness (QED) is 0.422. The first kappa shape index (κ1) is 23.5. The van der Waals surface area contributed by atoms with Crippen molar-refractivity contribution in [3.63, 3.8) is 0 Å². The molecule has 0 radical (unpaired) electrons. The Morgan fingerprint density at radius 3 is 2.31 bits per heavy atom. The van der Waals surface area contributed by atoms with Crippen molar-refractivity contribution < 1.29 is 17.9 Å². The predicted octanol–water partition coefficient (Wildman–Crippen LogP) is 4.26. The minimum Gasteiger partial charge on any atom is -0.457 e. The number of ether oxygens (including phenoxy) is 1. The lowest BCUT2D eigenvalue weighted by Crippen LogP contribution is -2.33. The van der Waals surface area contributed by atoms with Crippen LogP contribution in [0.25, 0.3) is 0 Å². The Morgan fingerprint density at radius 1 is 0.917 bits per heavy atom. The number of aryl methyl sites for hydroxylation is 1. The first-order chi connectivity index (χ1) is 17.4. The minimum atomic E-state index is -4.10. The monoisotopic (exact) mass is 500 g/mol. The molecule has 0 spiro atoms. The summed E-state index contributed by atoms with van der Waals surface area (Å²) in [4.78, 5) is 23.6. The number of rotatable bonds is 6. The standard InChI is InChI=1S/C27H24N4O4S/c1-19-25(17-28-27(29-19)31-16-15-20-7-5-6-8-21(20)18-31)26(32)30-36(33,34)24-13-11-23(12-14-24)35-22-9-3-2-4-10-22/h2-14,17H,15-16,18H2,1H3,(H,30,32). The molecule has 1 N–H and O–H groups in total. The van der Waals surface area contributed by atoms with E-state index in [1.54, 1.807) is 19.1 Å². The number of hydrogen-bond donors (Lipinski definition) is 1. The van der Waals surface area contributed by atoms with E-state index in [0.29, 0.717) is 29.7 Å². The Bertz CT molecular complexity index is 1510. The first-order valence-electron chi connectivity index (χ1n) is 11.4. The van der Waals surface area contributed by atoms with Crippen molar-refractivity contribution in [2.75, 3.05) is 11.4 Å². The van der Waals surface area contributed by atoms with Gasteiger partial charge in [0, 0.05) is 19.3 Å². The molecule has 0 unspecified atom stereocenters. The molecule has 9 heteroatoms. The molecule has 0 aliphatic carbocycles. The normalized spacial score (nSPS) is 13.1. The van der Waals surface area contributed by atoms with Gasteiger partial charge in [-0.1, -0.05) is 42.5 Å². The maximum atomic E-state index is 12.8. The van der Waals surface area contributed by atoms with Gasteiger partial charge < -0.3 is 9.64 Å². The van der Waals surface area contributed by atoms with Gasteiger partial charge in [-0.25, -0.2) is 23.1 Å². The number of nitrogens with one attached hydrogen (secondary N) is 1. The second-order valence-electron chi connectivity index (χ2n) is 8.43. The molecule has 8 nitrogen and oxygen atoms in total. The number of aromatic nitrogens is 2. The van der Waals surface area contributed by atoms with Crippen LogP contribution in [0, 0.1) is 6.92 Å². The lowest BCUT2D eigenvalue weighted by atomic mass is 10.0. The van der Waals surface area contributed by atoms with Gasteiger partial charge in [0.1, 0.15) is 11.5 Å². The summed E-state index contributed by atoms with van der Waals surface area (Å²) in [7, 11) is -4.10. The molecule has 0 atom stereocenters. The Labute approximate surface area is 209 Å². The van der Waals surface area contributed by atoms with Crippen LogP contribution < -0.4 is 14.4 Å². The Kier molecular flexibility index (Phi) is 6.39. The van der Waals surface area contributed by atoms with Crippen LogP contribution in [-0.4, -0.2) is 30.8 Å². The molecule has 1 aliphatic rings. The third-order valence-corrected chi connectivity index (χ3v) is 7.31. The number of anilines is 1. The molecule has 36 heavy (non-hydrogen) atoms. The van der Waals surface area contributed by atoms with E-state index in [0.717, 1.165) is 13.0 Å². The van der Waals surface area contributed by atoms with E-state index in [2.05, 4.69) is 26.8 Å². The van der Waals surface area contributed by atoms with Crippen LogP contribution in [-0.2, 0) is 23.0 Å². The van der Waals surface area contributed by atoms with Gasteiger partial charge in [0.15, 0.2) is 0 Å². The highest BCUT2D eigenvalue weighted by Gasteiger charge is 2.23. The lowest BCUT2D eigenvalue weighted by molar-refractivity contribution is 0.0980. The zero-order chi connectivity index (χ0) is 25.1. The van der Waals surface area contributed by atoms with Crippen molar-refractivity contribution in [2.45, 2.75) is 24.8 Å². The van der Waals surface area contributed by atoms with Gasteiger partial charge in [-0.15, -0.1) is 0 Å². The van der Waals surface area contributed by atoms with Crippen LogP contribution in [0.5, 0.6) is 11.5 Å². The van der Waals surface area contributed by atoms with Gasteiger partial charge >= 0.3 is 0 Å². The topological polar surface area (TPSA) is 101 Å². The molecule has 5 rings (SSSR count). The van der Waals surface area contributed by atoms with Crippen LogP contribution in [0.4, 0.5) is 5.95 Å². The summed E-state index contributed by atoms with van der Waals surface area (Å²) < 4.78 is 33.4. The fourth-order valence-corrected chi connectivity index (χ4v) is 5.01. The molecule has 1 amide bonds. The summed E-state index contributed by atoms with van der Waals surface area (Å²) in [5.74, 6) is 0.837. The highest BCUT2D eigenvalue weighted by molar-refractivity contribution is 7.90. The predicted molar refractivity (Wildman–Crippen MR) is 136 cm³/mol.